The number of likely N-dealkylation sites (tertiary alicyclic amines) is 2. The fourth-order valence-electron chi connectivity index (χ4n) is 5.09. The van der Waals surface area contributed by atoms with Gasteiger partial charge >= 0.3 is 0 Å². The molecule has 2 saturated heterocycles. The van der Waals surface area contributed by atoms with Crippen LogP contribution in [0.4, 0.5) is 0 Å². The van der Waals surface area contributed by atoms with E-state index >= 15 is 0 Å². The van der Waals surface area contributed by atoms with Gasteiger partial charge in [-0.25, -0.2) is 0 Å². The summed E-state index contributed by atoms with van der Waals surface area (Å²) >= 11 is 0. The van der Waals surface area contributed by atoms with E-state index < -0.39 is 0 Å². The summed E-state index contributed by atoms with van der Waals surface area (Å²) in [5.74, 6) is 1.00. The quantitative estimate of drug-likeness (QED) is 0.228. The third kappa shape index (κ3) is 8.34. The van der Waals surface area contributed by atoms with Gasteiger partial charge in [0, 0.05) is 38.8 Å². The van der Waals surface area contributed by atoms with E-state index in [1.165, 1.54) is 110 Å². The van der Waals surface area contributed by atoms with Gasteiger partial charge in [-0.2, -0.15) is 0 Å². The average Bonchev–Trinajstić information content (AvgIpc) is 3.26. The molecular formula is C22H44IN5. The summed E-state index contributed by atoms with van der Waals surface area (Å²) in [6.45, 7) is 7.52. The van der Waals surface area contributed by atoms with Crippen molar-refractivity contribution in [2.45, 2.75) is 89.1 Å². The Bertz CT molecular complexity index is 425. The summed E-state index contributed by atoms with van der Waals surface area (Å²) < 4.78 is 0. The number of rotatable bonds is 8. The number of unbranched alkanes of at least 4 members (excludes halogenated alkanes) is 2. The van der Waals surface area contributed by atoms with Crippen molar-refractivity contribution in [3.8, 4) is 0 Å². The molecule has 1 saturated carbocycles. The standard InChI is InChI=1S/C22H43N5.HI/c1-23-22(24-14-6-2-7-15-26-16-8-3-9-17-26)25-20-12-18-27(19-13-20)21-10-4-5-11-21;/h20-21H,2-19H2,1H3,(H2,23,24,25);1H. The molecule has 6 heteroatoms. The first-order valence-corrected chi connectivity index (χ1v) is 11.8. The number of halogens is 1. The van der Waals surface area contributed by atoms with E-state index in [9.17, 15) is 0 Å². The van der Waals surface area contributed by atoms with Crippen LogP contribution in [-0.2, 0) is 0 Å². The van der Waals surface area contributed by atoms with Gasteiger partial charge in [-0.15, -0.1) is 24.0 Å². The average molecular weight is 506 g/mol. The molecular weight excluding hydrogens is 461 g/mol. The van der Waals surface area contributed by atoms with E-state index in [0.29, 0.717) is 6.04 Å². The fourth-order valence-corrected chi connectivity index (χ4v) is 5.09. The minimum Gasteiger partial charge on any atom is -0.356 e. The topological polar surface area (TPSA) is 42.9 Å². The van der Waals surface area contributed by atoms with Gasteiger partial charge in [0.05, 0.1) is 0 Å². The summed E-state index contributed by atoms with van der Waals surface area (Å²) in [5.41, 5.74) is 0. The fraction of sp³-hybridized carbons (Fsp3) is 0.955. The van der Waals surface area contributed by atoms with Crippen LogP contribution in [-0.4, -0.2) is 74.2 Å². The van der Waals surface area contributed by atoms with Gasteiger partial charge in [0.2, 0.25) is 0 Å². The lowest BCUT2D eigenvalue weighted by molar-refractivity contribution is 0.150. The van der Waals surface area contributed by atoms with E-state index in [0.717, 1.165) is 18.5 Å². The summed E-state index contributed by atoms with van der Waals surface area (Å²) in [6, 6.07) is 1.47. The maximum atomic E-state index is 4.44. The van der Waals surface area contributed by atoms with Gasteiger partial charge in [0.1, 0.15) is 0 Å². The Labute approximate surface area is 190 Å². The Morgan fingerprint density at radius 1 is 0.857 bits per heavy atom. The van der Waals surface area contributed by atoms with Crippen LogP contribution in [0.3, 0.4) is 0 Å². The molecule has 0 radical (unpaired) electrons. The van der Waals surface area contributed by atoms with Gasteiger partial charge in [-0.1, -0.05) is 25.7 Å². The summed E-state index contributed by atoms with van der Waals surface area (Å²) in [7, 11) is 1.90. The number of nitrogens with one attached hydrogen (secondary N) is 2. The lowest BCUT2D eigenvalue weighted by atomic mass is 10.0. The maximum absolute atomic E-state index is 4.44. The zero-order valence-corrected chi connectivity index (χ0v) is 20.5. The van der Waals surface area contributed by atoms with Crippen LogP contribution >= 0.6 is 24.0 Å². The zero-order valence-electron chi connectivity index (χ0n) is 18.1. The molecule has 5 nitrogen and oxygen atoms in total. The molecule has 0 unspecified atom stereocenters. The van der Waals surface area contributed by atoms with Crippen molar-refractivity contribution in [3.05, 3.63) is 0 Å². The SMILES string of the molecule is CN=C(NCCCCCN1CCCCC1)NC1CCN(C2CCCC2)CC1.I. The van der Waals surface area contributed by atoms with Crippen molar-refractivity contribution in [3.63, 3.8) is 0 Å². The summed E-state index contributed by atoms with van der Waals surface area (Å²) in [5, 5.41) is 7.20. The van der Waals surface area contributed by atoms with E-state index in [-0.39, 0.29) is 24.0 Å². The Balaban J connectivity index is 0.00000280. The minimum absolute atomic E-state index is 0. The highest BCUT2D eigenvalue weighted by molar-refractivity contribution is 14.0. The van der Waals surface area contributed by atoms with Gasteiger partial charge in [0.25, 0.3) is 0 Å². The van der Waals surface area contributed by atoms with Crippen LogP contribution in [0.15, 0.2) is 4.99 Å². The van der Waals surface area contributed by atoms with Gasteiger partial charge in [-0.05, 0) is 71.0 Å². The molecule has 164 valence electrons. The van der Waals surface area contributed by atoms with E-state index in [4.69, 9.17) is 0 Å². The van der Waals surface area contributed by atoms with Crippen LogP contribution < -0.4 is 10.6 Å². The Morgan fingerprint density at radius 2 is 1.57 bits per heavy atom. The molecule has 1 aliphatic carbocycles. The van der Waals surface area contributed by atoms with Gasteiger partial charge < -0.3 is 20.4 Å². The Hall–Kier alpha value is -0.0800. The molecule has 0 aromatic carbocycles. The first-order chi connectivity index (χ1) is 13.3. The van der Waals surface area contributed by atoms with E-state index in [2.05, 4.69) is 25.4 Å². The lowest BCUT2D eigenvalue weighted by Crippen LogP contribution is -2.50. The van der Waals surface area contributed by atoms with Crippen molar-refractivity contribution in [1.29, 1.82) is 0 Å². The first-order valence-electron chi connectivity index (χ1n) is 11.8. The van der Waals surface area contributed by atoms with Crippen LogP contribution in [0.1, 0.15) is 77.0 Å². The molecule has 28 heavy (non-hydrogen) atoms. The zero-order chi connectivity index (χ0) is 18.7. The van der Waals surface area contributed by atoms with Crippen molar-refractivity contribution < 1.29 is 0 Å². The highest BCUT2D eigenvalue weighted by Gasteiger charge is 2.27. The summed E-state index contributed by atoms with van der Waals surface area (Å²) in [4.78, 5) is 9.83. The first kappa shape index (κ1) is 24.2. The van der Waals surface area contributed by atoms with Crippen molar-refractivity contribution in [2.75, 3.05) is 46.3 Å². The number of piperidine rings is 2. The second-order valence-electron chi connectivity index (χ2n) is 8.85. The predicted octanol–water partition coefficient (Wildman–Crippen LogP) is 3.83. The number of hydrogen-bond acceptors (Lipinski definition) is 3. The van der Waals surface area contributed by atoms with Crippen molar-refractivity contribution >= 4 is 29.9 Å². The second kappa shape index (κ2) is 14.0. The van der Waals surface area contributed by atoms with Crippen molar-refractivity contribution in [2.24, 2.45) is 4.99 Å². The smallest absolute Gasteiger partial charge is 0.191 e. The molecule has 2 heterocycles. The maximum Gasteiger partial charge on any atom is 0.191 e. The Morgan fingerprint density at radius 3 is 2.25 bits per heavy atom. The highest BCUT2D eigenvalue weighted by atomic mass is 127. The molecule has 2 aliphatic heterocycles. The van der Waals surface area contributed by atoms with Crippen LogP contribution in [0.5, 0.6) is 0 Å². The predicted molar refractivity (Wildman–Crippen MR) is 131 cm³/mol. The normalized spacial score (nSPS) is 23.5. The second-order valence-corrected chi connectivity index (χ2v) is 8.85. The third-order valence-electron chi connectivity index (χ3n) is 6.83. The number of hydrogen-bond donors (Lipinski definition) is 2. The molecule has 0 atom stereocenters. The van der Waals surface area contributed by atoms with E-state index in [1.807, 2.05) is 7.05 Å². The molecule has 3 fully saturated rings. The highest BCUT2D eigenvalue weighted by Crippen LogP contribution is 2.26. The lowest BCUT2D eigenvalue weighted by Gasteiger charge is -2.36. The van der Waals surface area contributed by atoms with Crippen molar-refractivity contribution in [1.82, 2.24) is 20.4 Å². The molecule has 2 N–H and O–H groups in total. The molecule has 0 amide bonds. The third-order valence-corrected chi connectivity index (χ3v) is 6.83. The van der Waals surface area contributed by atoms with Crippen LogP contribution in [0.25, 0.3) is 0 Å². The molecule has 0 bridgehead atoms. The number of nitrogens with zero attached hydrogens (tertiary/aromatic N) is 3. The molecule has 0 aromatic rings. The largest absolute Gasteiger partial charge is 0.356 e. The Kier molecular flexibility index (Phi) is 12.1. The summed E-state index contributed by atoms with van der Waals surface area (Å²) in [6.07, 6.45) is 16.4. The molecule has 3 aliphatic rings. The number of guanidine groups is 1. The molecule has 0 spiro atoms. The van der Waals surface area contributed by atoms with E-state index in [1.54, 1.807) is 0 Å². The molecule has 3 rings (SSSR count). The number of aliphatic imine (C=N–C) groups is 1. The monoisotopic (exact) mass is 505 g/mol. The van der Waals surface area contributed by atoms with Gasteiger partial charge in [0.15, 0.2) is 5.96 Å². The van der Waals surface area contributed by atoms with Gasteiger partial charge in [-0.3, -0.25) is 4.99 Å². The molecule has 0 aromatic heterocycles. The van der Waals surface area contributed by atoms with Crippen LogP contribution in [0.2, 0.25) is 0 Å². The minimum atomic E-state index is 0. The van der Waals surface area contributed by atoms with Crippen LogP contribution in [0, 0.1) is 0 Å².